The Labute approximate surface area is 103 Å². The lowest BCUT2D eigenvalue weighted by Crippen LogP contribution is -2.08. The van der Waals surface area contributed by atoms with E-state index in [2.05, 4.69) is 14.8 Å². The molecule has 0 atom stereocenters. The van der Waals surface area contributed by atoms with E-state index < -0.39 is 18.0 Å². The number of nitrogens with one attached hydrogen (secondary N) is 1. The van der Waals surface area contributed by atoms with Gasteiger partial charge in [-0.1, -0.05) is 6.07 Å². The third-order valence-electron chi connectivity index (χ3n) is 2.11. The van der Waals surface area contributed by atoms with E-state index in [1.165, 1.54) is 18.2 Å². The Morgan fingerprint density at radius 2 is 2.11 bits per heavy atom. The highest BCUT2D eigenvalue weighted by Gasteiger charge is 2.36. The summed E-state index contributed by atoms with van der Waals surface area (Å²) in [5.74, 6) is -0.320. The van der Waals surface area contributed by atoms with Crippen LogP contribution >= 0.6 is 0 Å². The first-order chi connectivity index (χ1) is 8.88. The first-order valence-corrected chi connectivity index (χ1v) is 4.86. The van der Waals surface area contributed by atoms with E-state index in [0.717, 1.165) is 6.20 Å². The smallest absolute Gasteiger partial charge is 0.449 e. The first kappa shape index (κ1) is 12.9. The van der Waals surface area contributed by atoms with Gasteiger partial charge in [0, 0.05) is 6.07 Å². The summed E-state index contributed by atoms with van der Waals surface area (Å²) in [5, 5.41) is 13.6. The molecule has 0 radical (unpaired) electrons. The van der Waals surface area contributed by atoms with Crippen molar-refractivity contribution in [2.45, 2.75) is 6.18 Å². The average Bonchev–Trinajstić information content (AvgIpc) is 2.76. The predicted octanol–water partition coefficient (Wildman–Crippen LogP) is 2.55. The number of ether oxygens (including phenoxy) is 1. The van der Waals surface area contributed by atoms with Gasteiger partial charge in [0.1, 0.15) is 5.69 Å². The number of hydrogen-bond acceptors (Lipinski definition) is 4. The van der Waals surface area contributed by atoms with Crippen LogP contribution in [0.1, 0.15) is 5.69 Å². The molecule has 0 saturated carbocycles. The molecule has 0 bridgehead atoms. The maximum Gasteiger partial charge on any atom is 0.512 e. The molecule has 2 N–H and O–H groups in total. The maximum atomic E-state index is 12.7. The molecule has 0 aliphatic carbocycles. The maximum absolute atomic E-state index is 12.7. The molecular weight excluding hydrogens is 267 g/mol. The van der Waals surface area contributed by atoms with E-state index in [0.29, 0.717) is 0 Å². The predicted molar refractivity (Wildman–Crippen MR) is 55.5 cm³/mol. The third-order valence-corrected chi connectivity index (χ3v) is 2.11. The molecule has 0 aliphatic rings. The second kappa shape index (κ2) is 4.59. The van der Waals surface area contributed by atoms with Crippen LogP contribution in [0.5, 0.6) is 5.88 Å². The second-order valence-corrected chi connectivity index (χ2v) is 3.39. The van der Waals surface area contributed by atoms with Gasteiger partial charge in [-0.3, -0.25) is 5.10 Å². The van der Waals surface area contributed by atoms with Crippen molar-refractivity contribution in [2.75, 3.05) is 0 Å². The Morgan fingerprint density at radius 3 is 2.74 bits per heavy atom. The Hall–Kier alpha value is -2.58. The minimum Gasteiger partial charge on any atom is -0.449 e. The van der Waals surface area contributed by atoms with Crippen LogP contribution in [0.3, 0.4) is 0 Å². The van der Waals surface area contributed by atoms with Crippen molar-refractivity contribution in [3.05, 3.63) is 30.1 Å². The molecule has 0 aliphatic heterocycles. The summed E-state index contributed by atoms with van der Waals surface area (Å²) in [7, 11) is 0. The summed E-state index contributed by atoms with van der Waals surface area (Å²) in [6.45, 7) is 0. The molecule has 0 aromatic carbocycles. The average molecular weight is 273 g/mol. The van der Waals surface area contributed by atoms with Gasteiger partial charge in [-0.05, 0) is 6.07 Å². The molecule has 2 aromatic heterocycles. The minimum atomic E-state index is -4.61. The zero-order chi connectivity index (χ0) is 14.0. The van der Waals surface area contributed by atoms with Crippen LogP contribution in [0.15, 0.2) is 24.4 Å². The van der Waals surface area contributed by atoms with Gasteiger partial charge >= 0.3 is 12.3 Å². The lowest BCUT2D eigenvalue weighted by atomic mass is 10.1. The summed E-state index contributed by atoms with van der Waals surface area (Å²) in [6.07, 6.45) is -5.26. The fraction of sp³-hybridized carbons (Fsp3) is 0.100. The van der Waals surface area contributed by atoms with Crippen LogP contribution in [-0.2, 0) is 6.18 Å². The number of alkyl halides is 3. The number of pyridine rings is 1. The van der Waals surface area contributed by atoms with Gasteiger partial charge < -0.3 is 9.84 Å². The number of aromatic nitrogens is 3. The number of hydrogen-bond donors (Lipinski definition) is 2. The van der Waals surface area contributed by atoms with E-state index in [1.54, 1.807) is 0 Å². The zero-order valence-corrected chi connectivity index (χ0v) is 9.10. The number of halogens is 3. The molecule has 2 heterocycles. The molecule has 100 valence electrons. The minimum absolute atomic E-state index is 0.0974. The summed E-state index contributed by atoms with van der Waals surface area (Å²) in [5.41, 5.74) is -1.45. The van der Waals surface area contributed by atoms with Crippen molar-refractivity contribution in [3.8, 4) is 17.1 Å². The zero-order valence-electron chi connectivity index (χ0n) is 9.10. The van der Waals surface area contributed by atoms with Crippen molar-refractivity contribution < 1.29 is 27.8 Å². The van der Waals surface area contributed by atoms with Gasteiger partial charge in [-0.2, -0.15) is 18.3 Å². The van der Waals surface area contributed by atoms with Crippen molar-refractivity contribution in [2.24, 2.45) is 0 Å². The van der Waals surface area contributed by atoms with Gasteiger partial charge in [0.2, 0.25) is 5.88 Å². The summed E-state index contributed by atoms with van der Waals surface area (Å²) < 4.78 is 42.2. The van der Waals surface area contributed by atoms with Crippen LogP contribution in [-0.4, -0.2) is 26.4 Å². The lowest BCUT2D eigenvalue weighted by molar-refractivity contribution is -0.140. The van der Waals surface area contributed by atoms with Gasteiger partial charge in [0.25, 0.3) is 0 Å². The molecule has 0 spiro atoms. The lowest BCUT2D eigenvalue weighted by Gasteiger charge is -2.07. The summed E-state index contributed by atoms with van der Waals surface area (Å²) in [6, 6.07) is 3.83. The van der Waals surface area contributed by atoms with Crippen LogP contribution in [0.25, 0.3) is 11.3 Å². The molecule has 0 unspecified atom stereocenters. The quantitative estimate of drug-likeness (QED) is 0.821. The van der Waals surface area contributed by atoms with Crippen LogP contribution < -0.4 is 4.74 Å². The standard InChI is InChI=1S/C10H6F3N3O3/c11-10(12,13)8-5(4-14-16-8)6-2-1-3-7(15-6)19-9(17)18/h1-4H,(H,14,16)(H,17,18). The number of carbonyl (C=O) groups is 1. The van der Waals surface area contributed by atoms with Crippen molar-refractivity contribution in [3.63, 3.8) is 0 Å². The molecule has 0 amide bonds. The number of rotatable bonds is 2. The van der Waals surface area contributed by atoms with Gasteiger partial charge in [0.05, 0.1) is 17.5 Å². The van der Waals surface area contributed by atoms with Crippen LogP contribution in [0.2, 0.25) is 0 Å². The van der Waals surface area contributed by atoms with E-state index in [4.69, 9.17) is 5.11 Å². The topological polar surface area (TPSA) is 88.1 Å². The molecule has 0 fully saturated rings. The van der Waals surface area contributed by atoms with Gasteiger partial charge in [0.15, 0.2) is 0 Å². The molecule has 2 aromatic rings. The van der Waals surface area contributed by atoms with Crippen LogP contribution in [0, 0.1) is 0 Å². The number of aromatic amines is 1. The highest BCUT2D eigenvalue weighted by molar-refractivity contribution is 5.64. The highest BCUT2D eigenvalue weighted by Crippen LogP contribution is 2.34. The van der Waals surface area contributed by atoms with E-state index in [9.17, 15) is 18.0 Å². The SMILES string of the molecule is O=C(O)Oc1cccc(-c2cn[nH]c2C(F)(F)F)n1. The summed E-state index contributed by atoms with van der Waals surface area (Å²) >= 11 is 0. The summed E-state index contributed by atoms with van der Waals surface area (Å²) in [4.78, 5) is 14.0. The Balaban J connectivity index is 2.43. The van der Waals surface area contributed by atoms with E-state index in [-0.39, 0.29) is 17.1 Å². The van der Waals surface area contributed by atoms with Crippen molar-refractivity contribution in [1.29, 1.82) is 0 Å². The fourth-order valence-corrected chi connectivity index (χ4v) is 1.41. The fourth-order valence-electron chi connectivity index (χ4n) is 1.41. The normalized spacial score (nSPS) is 11.3. The third kappa shape index (κ3) is 2.81. The number of carboxylic acid groups (broad SMARTS) is 1. The van der Waals surface area contributed by atoms with Crippen LogP contribution in [0.4, 0.5) is 18.0 Å². The molecule has 0 saturated heterocycles. The first-order valence-electron chi connectivity index (χ1n) is 4.86. The van der Waals surface area contributed by atoms with Gasteiger partial charge in [-0.25, -0.2) is 9.78 Å². The molecule has 9 heteroatoms. The van der Waals surface area contributed by atoms with Crippen molar-refractivity contribution in [1.82, 2.24) is 15.2 Å². The highest BCUT2D eigenvalue weighted by atomic mass is 19.4. The Morgan fingerprint density at radius 1 is 1.37 bits per heavy atom. The second-order valence-electron chi connectivity index (χ2n) is 3.39. The molecule has 2 rings (SSSR count). The number of H-pyrrole nitrogens is 1. The van der Waals surface area contributed by atoms with E-state index >= 15 is 0 Å². The van der Waals surface area contributed by atoms with E-state index in [1.807, 2.05) is 5.10 Å². The monoisotopic (exact) mass is 273 g/mol. The van der Waals surface area contributed by atoms with Crippen molar-refractivity contribution >= 4 is 6.16 Å². The molecular formula is C10H6F3N3O3. The van der Waals surface area contributed by atoms with Gasteiger partial charge in [-0.15, -0.1) is 0 Å². The molecule has 19 heavy (non-hydrogen) atoms. The Kier molecular flexibility index (Phi) is 3.11. The largest absolute Gasteiger partial charge is 0.512 e. The molecule has 6 nitrogen and oxygen atoms in total. The Bertz CT molecular complexity index is 609. The number of nitrogens with zero attached hydrogens (tertiary/aromatic N) is 2.